The van der Waals surface area contributed by atoms with Gasteiger partial charge in [-0.3, -0.25) is 4.79 Å². The summed E-state index contributed by atoms with van der Waals surface area (Å²) in [6.45, 7) is 2.97. The highest BCUT2D eigenvalue weighted by Crippen LogP contribution is 2.18. The van der Waals surface area contributed by atoms with Crippen LogP contribution < -0.4 is 0 Å². The van der Waals surface area contributed by atoms with Gasteiger partial charge in [0, 0.05) is 19.2 Å². The third-order valence-electron chi connectivity index (χ3n) is 6.70. The van der Waals surface area contributed by atoms with E-state index >= 15 is 0 Å². The number of likely N-dealkylation sites (N-methyl/N-ethyl adjacent to an activating group) is 1. The zero-order valence-electron chi connectivity index (χ0n) is 22.2. The monoisotopic (exact) mass is 513 g/mol. The second-order valence-corrected chi connectivity index (χ2v) is 10.2. The lowest BCUT2D eigenvalue weighted by Crippen LogP contribution is -2.42. The number of carbonyl (C=O) groups is 1. The van der Waals surface area contributed by atoms with Crippen molar-refractivity contribution in [1.82, 2.24) is 4.90 Å². The maximum atomic E-state index is 13.3. The highest BCUT2D eigenvalue weighted by Gasteiger charge is 2.21. The Hall–Kier alpha value is -1.17. The van der Waals surface area contributed by atoms with Crippen LogP contribution in [0.3, 0.4) is 0 Å². The van der Waals surface area contributed by atoms with Gasteiger partial charge >= 0.3 is 0 Å². The van der Waals surface area contributed by atoms with Crippen LogP contribution >= 0.6 is 11.6 Å². The first-order valence-corrected chi connectivity index (χ1v) is 14.3. The smallest absolute Gasteiger partial charge is 0.254 e. The van der Waals surface area contributed by atoms with Crippen molar-refractivity contribution in [3.8, 4) is 0 Å². The van der Waals surface area contributed by atoms with Gasteiger partial charge in [-0.05, 0) is 24.6 Å². The second kappa shape index (κ2) is 21.0. The molecule has 0 radical (unpaired) electrons. The lowest BCUT2D eigenvalue weighted by Gasteiger charge is -2.26. The standard InChI is InChI=1S/C29H49ClFNO3/c1-3-4-5-6-7-8-9-10-11-12-13-14-15-16-17-18-21-35-24-26(23-33)32(2)29(34)25-19-20-28(31)27(30)22-25/h19-20,22,26,33H,3-18,21,23-24H2,1-2H3/t26-/m0/s1. The van der Waals surface area contributed by atoms with Crippen LogP contribution in [0.4, 0.5) is 4.39 Å². The molecule has 202 valence electrons. The molecule has 35 heavy (non-hydrogen) atoms. The van der Waals surface area contributed by atoms with E-state index in [4.69, 9.17) is 16.3 Å². The summed E-state index contributed by atoms with van der Waals surface area (Å²) in [5.41, 5.74) is 0.287. The maximum absolute atomic E-state index is 13.3. The van der Waals surface area contributed by atoms with Gasteiger partial charge in [0.15, 0.2) is 0 Å². The molecule has 6 heteroatoms. The molecule has 1 amide bonds. The van der Waals surface area contributed by atoms with E-state index in [0.717, 1.165) is 12.8 Å². The van der Waals surface area contributed by atoms with Crippen LogP contribution in [0.2, 0.25) is 5.02 Å². The quantitative estimate of drug-likeness (QED) is 0.159. The van der Waals surface area contributed by atoms with Crippen molar-refractivity contribution in [3.05, 3.63) is 34.6 Å². The minimum absolute atomic E-state index is 0.0930. The first kappa shape index (κ1) is 31.9. The van der Waals surface area contributed by atoms with E-state index < -0.39 is 11.9 Å². The van der Waals surface area contributed by atoms with Gasteiger partial charge in [0.05, 0.1) is 24.3 Å². The van der Waals surface area contributed by atoms with Gasteiger partial charge in [-0.25, -0.2) is 4.39 Å². The third kappa shape index (κ3) is 14.9. The van der Waals surface area contributed by atoms with Gasteiger partial charge in [-0.2, -0.15) is 0 Å². The van der Waals surface area contributed by atoms with Crippen LogP contribution in [0, 0.1) is 5.82 Å². The molecule has 1 aromatic rings. The molecule has 1 rings (SSSR count). The van der Waals surface area contributed by atoms with E-state index in [1.54, 1.807) is 7.05 Å². The lowest BCUT2D eigenvalue weighted by atomic mass is 10.0. The normalized spacial score (nSPS) is 12.1. The van der Waals surface area contributed by atoms with Gasteiger partial charge < -0.3 is 14.7 Å². The number of aliphatic hydroxyl groups is 1. The number of aliphatic hydroxyl groups excluding tert-OH is 1. The summed E-state index contributed by atoms with van der Waals surface area (Å²) in [6.07, 6.45) is 21.3. The Morgan fingerprint density at radius 1 is 0.914 bits per heavy atom. The second-order valence-electron chi connectivity index (χ2n) is 9.76. The first-order chi connectivity index (χ1) is 17.0. The number of benzene rings is 1. The minimum Gasteiger partial charge on any atom is -0.394 e. The maximum Gasteiger partial charge on any atom is 0.254 e. The van der Waals surface area contributed by atoms with E-state index in [-0.39, 0.29) is 29.7 Å². The van der Waals surface area contributed by atoms with Crippen LogP contribution in [-0.4, -0.2) is 48.8 Å². The van der Waals surface area contributed by atoms with Crippen molar-refractivity contribution >= 4 is 17.5 Å². The van der Waals surface area contributed by atoms with E-state index in [9.17, 15) is 14.3 Å². The van der Waals surface area contributed by atoms with E-state index in [1.165, 1.54) is 113 Å². The minimum atomic E-state index is -0.563. The molecule has 0 aliphatic heterocycles. The molecule has 0 unspecified atom stereocenters. The number of hydrogen-bond donors (Lipinski definition) is 1. The molecule has 0 saturated heterocycles. The average Bonchev–Trinajstić information content (AvgIpc) is 2.86. The van der Waals surface area contributed by atoms with Crippen LogP contribution in [0.25, 0.3) is 0 Å². The fourth-order valence-corrected chi connectivity index (χ4v) is 4.44. The van der Waals surface area contributed by atoms with Gasteiger partial charge in [-0.1, -0.05) is 115 Å². The highest BCUT2D eigenvalue weighted by molar-refractivity contribution is 6.31. The predicted octanol–water partition coefficient (Wildman–Crippen LogP) is 8.19. The number of unbranched alkanes of at least 4 members (excludes halogenated alkanes) is 15. The fraction of sp³-hybridized carbons (Fsp3) is 0.759. The molecule has 0 fully saturated rings. The Labute approximate surface area is 218 Å². The van der Waals surface area contributed by atoms with Crippen molar-refractivity contribution in [2.45, 2.75) is 116 Å². The average molecular weight is 514 g/mol. The van der Waals surface area contributed by atoms with Crippen LogP contribution in [0.5, 0.6) is 0 Å². The summed E-state index contributed by atoms with van der Waals surface area (Å²) in [5.74, 6) is -0.885. The fourth-order valence-electron chi connectivity index (χ4n) is 4.26. The molecule has 0 aliphatic carbocycles. The summed E-state index contributed by atoms with van der Waals surface area (Å²) in [7, 11) is 1.61. The topological polar surface area (TPSA) is 49.8 Å². The highest BCUT2D eigenvalue weighted by atomic mass is 35.5. The van der Waals surface area contributed by atoms with Crippen LogP contribution in [0.1, 0.15) is 120 Å². The number of ether oxygens (including phenoxy) is 1. The number of amides is 1. The Morgan fingerprint density at radius 2 is 1.40 bits per heavy atom. The molecule has 1 N–H and O–H groups in total. The summed E-state index contributed by atoms with van der Waals surface area (Å²) >= 11 is 5.78. The number of carbonyl (C=O) groups excluding carboxylic acids is 1. The summed E-state index contributed by atoms with van der Waals surface area (Å²) < 4.78 is 19.0. The molecule has 0 spiro atoms. The number of nitrogens with zero attached hydrogens (tertiary/aromatic N) is 1. The van der Waals surface area contributed by atoms with Gasteiger partial charge in [0.1, 0.15) is 5.82 Å². The van der Waals surface area contributed by atoms with Gasteiger partial charge in [0.25, 0.3) is 5.91 Å². The van der Waals surface area contributed by atoms with Crippen molar-refractivity contribution in [2.24, 2.45) is 0 Å². The van der Waals surface area contributed by atoms with Gasteiger partial charge in [-0.15, -0.1) is 0 Å². The molecule has 0 aliphatic rings. The first-order valence-electron chi connectivity index (χ1n) is 13.9. The molecular weight excluding hydrogens is 465 g/mol. The summed E-state index contributed by atoms with van der Waals surface area (Å²) in [6, 6.07) is 3.42. The number of hydrogen-bond acceptors (Lipinski definition) is 3. The van der Waals surface area contributed by atoms with E-state index in [0.29, 0.717) is 6.61 Å². The van der Waals surface area contributed by atoms with Crippen LogP contribution in [0.15, 0.2) is 18.2 Å². The van der Waals surface area contributed by atoms with Crippen molar-refractivity contribution in [3.63, 3.8) is 0 Å². The SMILES string of the molecule is CCCCCCCCCCCCCCCCCCOC[C@H](CO)N(C)C(=O)c1ccc(F)c(Cl)c1. The van der Waals surface area contributed by atoms with E-state index in [1.807, 2.05) is 0 Å². The number of rotatable bonds is 22. The molecule has 0 heterocycles. The van der Waals surface area contributed by atoms with Gasteiger partial charge in [0.2, 0.25) is 0 Å². The predicted molar refractivity (Wildman–Crippen MR) is 145 cm³/mol. The Balaban J connectivity index is 1.98. The van der Waals surface area contributed by atoms with Crippen molar-refractivity contribution < 1.29 is 19.0 Å². The third-order valence-corrected chi connectivity index (χ3v) is 6.99. The zero-order chi connectivity index (χ0) is 25.7. The van der Waals surface area contributed by atoms with Crippen LogP contribution in [-0.2, 0) is 4.74 Å². The lowest BCUT2D eigenvalue weighted by molar-refractivity contribution is 0.0329. The molecule has 0 bridgehead atoms. The zero-order valence-corrected chi connectivity index (χ0v) is 23.0. The Morgan fingerprint density at radius 3 is 1.86 bits per heavy atom. The molecule has 4 nitrogen and oxygen atoms in total. The number of halogens is 2. The molecule has 1 aromatic carbocycles. The van der Waals surface area contributed by atoms with Crippen molar-refractivity contribution in [2.75, 3.05) is 26.9 Å². The Kier molecular flexibility index (Phi) is 19.1. The molecular formula is C29H49ClFNO3. The summed E-state index contributed by atoms with van der Waals surface area (Å²) in [5, 5.41) is 9.58. The Bertz CT molecular complexity index is 673. The molecule has 0 saturated carbocycles. The van der Waals surface area contributed by atoms with Crippen molar-refractivity contribution in [1.29, 1.82) is 0 Å². The molecule has 0 aromatic heterocycles. The molecule has 1 atom stereocenters. The van der Waals surface area contributed by atoms with E-state index in [2.05, 4.69) is 6.92 Å². The largest absolute Gasteiger partial charge is 0.394 e. The summed E-state index contributed by atoms with van der Waals surface area (Å²) in [4.78, 5) is 14.0.